The zero-order valence-corrected chi connectivity index (χ0v) is 12.8. The van der Waals surface area contributed by atoms with Crippen LogP contribution in [0.5, 0.6) is 0 Å². The molecule has 0 aliphatic heterocycles. The van der Waals surface area contributed by atoms with Crippen LogP contribution in [0.4, 0.5) is 0 Å². The maximum atomic E-state index is 11.6. The first-order valence-corrected chi connectivity index (χ1v) is 7.02. The Balaban J connectivity index is 4.06. The number of nitrogens with two attached hydrogens (primary N) is 1. The van der Waals surface area contributed by atoms with Crippen molar-refractivity contribution in [2.24, 2.45) is 11.7 Å². The zero-order valence-electron chi connectivity index (χ0n) is 12.0. The van der Waals surface area contributed by atoms with Crippen molar-refractivity contribution in [3.8, 4) is 0 Å². The van der Waals surface area contributed by atoms with Gasteiger partial charge in [-0.05, 0) is 19.8 Å². The van der Waals surface area contributed by atoms with Crippen LogP contribution in [0.15, 0.2) is 0 Å². The molecule has 0 saturated heterocycles. The maximum Gasteiger partial charge on any atom is 0.221 e. The highest BCUT2D eigenvalue weighted by Crippen LogP contribution is 2.02. The largest absolute Gasteiger partial charge is 0.393 e. The van der Waals surface area contributed by atoms with E-state index in [4.69, 9.17) is 18.0 Å². The third kappa shape index (κ3) is 10.5. The van der Waals surface area contributed by atoms with Gasteiger partial charge in [-0.3, -0.25) is 4.79 Å². The van der Waals surface area contributed by atoms with Gasteiger partial charge in [0.05, 0.1) is 4.99 Å². The van der Waals surface area contributed by atoms with Gasteiger partial charge in [0.1, 0.15) is 0 Å². The molecule has 0 spiro atoms. The van der Waals surface area contributed by atoms with E-state index in [0.29, 0.717) is 23.7 Å². The van der Waals surface area contributed by atoms with E-state index in [9.17, 15) is 4.79 Å². The second kappa shape index (κ2) is 9.28. The van der Waals surface area contributed by atoms with Gasteiger partial charge in [0.2, 0.25) is 5.91 Å². The van der Waals surface area contributed by atoms with E-state index in [1.54, 1.807) is 0 Å². The van der Waals surface area contributed by atoms with Gasteiger partial charge in [-0.25, -0.2) is 0 Å². The maximum absolute atomic E-state index is 11.6. The third-order valence-electron chi connectivity index (χ3n) is 2.40. The fourth-order valence-corrected chi connectivity index (χ4v) is 1.82. The molecule has 0 radical (unpaired) electrons. The Bertz CT molecular complexity index is 267. The number of amides is 1. The second-order valence-electron chi connectivity index (χ2n) is 5.38. The van der Waals surface area contributed by atoms with E-state index < -0.39 is 0 Å². The molecule has 4 nitrogen and oxygen atoms in total. The highest BCUT2D eigenvalue weighted by molar-refractivity contribution is 7.80. The fourth-order valence-electron chi connectivity index (χ4n) is 1.73. The SMILES string of the molecule is CC(C)CN(CCC(=O)NC(C)C)CCC(N)=S. The highest BCUT2D eigenvalue weighted by Gasteiger charge is 2.10. The van der Waals surface area contributed by atoms with Gasteiger partial charge in [0.25, 0.3) is 0 Å². The predicted molar refractivity (Wildman–Crippen MR) is 80.6 cm³/mol. The first-order valence-electron chi connectivity index (χ1n) is 6.61. The van der Waals surface area contributed by atoms with E-state index in [-0.39, 0.29) is 11.9 Å². The molecular formula is C13H27N3OS. The van der Waals surface area contributed by atoms with Gasteiger partial charge in [-0.15, -0.1) is 0 Å². The number of nitrogens with one attached hydrogen (secondary N) is 1. The summed E-state index contributed by atoms with van der Waals surface area (Å²) in [5, 5.41) is 2.90. The van der Waals surface area contributed by atoms with Crippen molar-refractivity contribution in [1.82, 2.24) is 10.2 Å². The van der Waals surface area contributed by atoms with Gasteiger partial charge >= 0.3 is 0 Å². The fraction of sp³-hybridized carbons (Fsp3) is 0.846. The monoisotopic (exact) mass is 273 g/mol. The van der Waals surface area contributed by atoms with Crippen molar-refractivity contribution in [2.45, 2.75) is 46.6 Å². The highest BCUT2D eigenvalue weighted by atomic mass is 32.1. The van der Waals surface area contributed by atoms with Gasteiger partial charge in [0.15, 0.2) is 0 Å². The third-order valence-corrected chi connectivity index (χ3v) is 2.61. The summed E-state index contributed by atoms with van der Waals surface area (Å²) < 4.78 is 0. The molecule has 1 amide bonds. The van der Waals surface area contributed by atoms with E-state index in [0.717, 1.165) is 19.6 Å². The topological polar surface area (TPSA) is 58.4 Å². The number of hydrogen-bond acceptors (Lipinski definition) is 3. The molecular weight excluding hydrogens is 246 g/mol. The van der Waals surface area contributed by atoms with Crippen molar-refractivity contribution >= 4 is 23.1 Å². The molecule has 0 aromatic heterocycles. The Kier molecular flexibility index (Phi) is 8.93. The smallest absolute Gasteiger partial charge is 0.221 e. The standard InChI is InChI=1S/C13H27N3OS/c1-10(2)9-16(7-5-12(14)18)8-6-13(17)15-11(3)4/h10-11H,5-9H2,1-4H3,(H2,14,18)(H,15,17). The summed E-state index contributed by atoms with van der Waals surface area (Å²) in [5.41, 5.74) is 5.52. The minimum atomic E-state index is 0.106. The molecule has 0 bridgehead atoms. The Morgan fingerprint density at radius 2 is 1.78 bits per heavy atom. The van der Waals surface area contributed by atoms with E-state index in [2.05, 4.69) is 24.1 Å². The van der Waals surface area contributed by atoms with Crippen molar-refractivity contribution in [1.29, 1.82) is 0 Å². The Morgan fingerprint density at radius 1 is 1.22 bits per heavy atom. The lowest BCUT2D eigenvalue weighted by atomic mass is 10.2. The van der Waals surface area contributed by atoms with Crippen LogP contribution >= 0.6 is 12.2 Å². The molecule has 0 heterocycles. The molecule has 0 saturated carbocycles. The Labute approximate surface area is 116 Å². The number of thiocarbonyl (C=S) groups is 1. The average molecular weight is 273 g/mol. The van der Waals surface area contributed by atoms with E-state index in [1.807, 2.05) is 13.8 Å². The molecule has 3 N–H and O–H groups in total. The average Bonchev–Trinajstić information content (AvgIpc) is 2.20. The van der Waals surface area contributed by atoms with Crippen LogP contribution in [0, 0.1) is 5.92 Å². The van der Waals surface area contributed by atoms with Gasteiger partial charge in [-0.1, -0.05) is 26.1 Å². The van der Waals surface area contributed by atoms with Gasteiger partial charge in [0, 0.05) is 38.5 Å². The minimum absolute atomic E-state index is 0.106. The van der Waals surface area contributed by atoms with Crippen LogP contribution in [-0.2, 0) is 4.79 Å². The minimum Gasteiger partial charge on any atom is -0.393 e. The van der Waals surface area contributed by atoms with Gasteiger partial charge in [-0.2, -0.15) is 0 Å². The van der Waals surface area contributed by atoms with E-state index >= 15 is 0 Å². The van der Waals surface area contributed by atoms with Crippen molar-refractivity contribution in [3.05, 3.63) is 0 Å². The number of rotatable bonds is 9. The van der Waals surface area contributed by atoms with Gasteiger partial charge < -0.3 is 16.0 Å². The molecule has 106 valence electrons. The van der Waals surface area contributed by atoms with Crippen LogP contribution in [0.2, 0.25) is 0 Å². The van der Waals surface area contributed by atoms with Crippen LogP contribution in [0.1, 0.15) is 40.5 Å². The lowest BCUT2D eigenvalue weighted by Crippen LogP contribution is -2.36. The molecule has 0 unspecified atom stereocenters. The second-order valence-corrected chi connectivity index (χ2v) is 5.91. The molecule has 0 aliphatic carbocycles. The van der Waals surface area contributed by atoms with E-state index in [1.165, 1.54) is 0 Å². The lowest BCUT2D eigenvalue weighted by molar-refractivity contribution is -0.121. The van der Waals surface area contributed by atoms with Crippen LogP contribution in [-0.4, -0.2) is 41.5 Å². The molecule has 0 rings (SSSR count). The number of hydrogen-bond donors (Lipinski definition) is 2. The zero-order chi connectivity index (χ0) is 14.1. The quantitative estimate of drug-likeness (QED) is 0.626. The Hall–Kier alpha value is -0.680. The van der Waals surface area contributed by atoms with Crippen molar-refractivity contribution in [2.75, 3.05) is 19.6 Å². The first kappa shape index (κ1) is 17.3. The van der Waals surface area contributed by atoms with Crippen LogP contribution in [0.3, 0.4) is 0 Å². The lowest BCUT2D eigenvalue weighted by Gasteiger charge is -2.24. The molecule has 5 heteroatoms. The summed E-state index contributed by atoms with van der Waals surface area (Å²) in [6.45, 7) is 10.8. The summed E-state index contributed by atoms with van der Waals surface area (Å²) in [7, 11) is 0. The predicted octanol–water partition coefficient (Wildman–Crippen LogP) is 1.54. The summed E-state index contributed by atoms with van der Waals surface area (Å²) in [4.78, 5) is 14.4. The number of nitrogens with zero attached hydrogens (tertiary/aromatic N) is 1. The molecule has 0 aromatic rings. The summed E-state index contributed by atoms with van der Waals surface area (Å²) in [6, 6.07) is 0.202. The molecule has 0 aliphatic rings. The van der Waals surface area contributed by atoms with Crippen LogP contribution in [0.25, 0.3) is 0 Å². The van der Waals surface area contributed by atoms with Crippen LogP contribution < -0.4 is 11.1 Å². The Morgan fingerprint density at radius 3 is 2.22 bits per heavy atom. The number of carbonyl (C=O) groups is 1. The molecule has 18 heavy (non-hydrogen) atoms. The number of carbonyl (C=O) groups excluding carboxylic acids is 1. The first-order chi connectivity index (χ1) is 8.31. The summed E-state index contributed by atoms with van der Waals surface area (Å²) in [5.74, 6) is 0.679. The summed E-state index contributed by atoms with van der Waals surface area (Å²) in [6.07, 6.45) is 1.25. The van der Waals surface area contributed by atoms with Crippen molar-refractivity contribution < 1.29 is 4.79 Å². The molecule has 0 atom stereocenters. The normalized spacial score (nSPS) is 11.3. The molecule has 0 aromatic carbocycles. The molecule has 0 fully saturated rings. The van der Waals surface area contributed by atoms with Crippen molar-refractivity contribution in [3.63, 3.8) is 0 Å². The summed E-state index contributed by atoms with van der Waals surface area (Å²) >= 11 is 4.89.